The van der Waals surface area contributed by atoms with Gasteiger partial charge in [0.25, 0.3) is 0 Å². The molecule has 72 valence electrons. The van der Waals surface area contributed by atoms with E-state index in [9.17, 15) is 4.79 Å². The lowest BCUT2D eigenvalue weighted by atomic mass is 10.3. The maximum Gasteiger partial charge on any atom is 0.235 e. The van der Waals surface area contributed by atoms with Gasteiger partial charge in [0.1, 0.15) is 0 Å². The Balaban J connectivity index is 3.14. The van der Waals surface area contributed by atoms with E-state index in [0.717, 1.165) is 0 Å². The monoisotopic (exact) mass is 175 g/mol. The molecule has 0 bridgehead atoms. The van der Waals surface area contributed by atoms with Crippen LogP contribution in [0.4, 0.5) is 0 Å². The van der Waals surface area contributed by atoms with E-state index in [-0.39, 0.29) is 0 Å². The van der Waals surface area contributed by atoms with Crippen molar-refractivity contribution in [1.82, 2.24) is 5.32 Å². The molecule has 0 spiro atoms. The van der Waals surface area contributed by atoms with Gasteiger partial charge in [-0.2, -0.15) is 0 Å². The van der Waals surface area contributed by atoms with E-state index < -0.39 is 11.9 Å². The van der Waals surface area contributed by atoms with Crippen molar-refractivity contribution in [2.45, 2.75) is 13.0 Å². The fourth-order valence-electron chi connectivity index (χ4n) is 0.647. The van der Waals surface area contributed by atoms with E-state index >= 15 is 0 Å². The van der Waals surface area contributed by atoms with Crippen molar-refractivity contribution < 1.29 is 9.53 Å². The van der Waals surface area contributed by atoms with Crippen molar-refractivity contribution in [3.05, 3.63) is 0 Å². The minimum absolute atomic E-state index is 0.405. The standard InChI is InChI=1S/C7H17N3O2/c1-2-12-4-3-10-5-6(8)7(9)11/h6,10H,2-5,8H2,1H3,(H2,9,11). The van der Waals surface area contributed by atoms with Gasteiger partial charge in [-0.1, -0.05) is 0 Å². The van der Waals surface area contributed by atoms with Crippen molar-refractivity contribution in [2.24, 2.45) is 11.5 Å². The molecule has 1 unspecified atom stereocenters. The Hall–Kier alpha value is -0.650. The zero-order chi connectivity index (χ0) is 9.40. The van der Waals surface area contributed by atoms with Crippen LogP contribution in [0.15, 0.2) is 0 Å². The summed E-state index contributed by atoms with van der Waals surface area (Å²) in [5.74, 6) is -0.487. The van der Waals surface area contributed by atoms with Crippen LogP contribution in [0.5, 0.6) is 0 Å². The van der Waals surface area contributed by atoms with Crippen LogP contribution in [0.1, 0.15) is 6.92 Å². The fourth-order valence-corrected chi connectivity index (χ4v) is 0.647. The summed E-state index contributed by atoms with van der Waals surface area (Å²) in [5.41, 5.74) is 10.3. The molecule has 0 aliphatic heterocycles. The third-order valence-corrected chi connectivity index (χ3v) is 1.36. The Morgan fingerprint density at radius 2 is 2.33 bits per heavy atom. The third-order valence-electron chi connectivity index (χ3n) is 1.36. The SMILES string of the molecule is CCOCCNCC(N)C(N)=O. The molecule has 0 saturated heterocycles. The highest BCUT2D eigenvalue weighted by Gasteiger charge is 2.06. The van der Waals surface area contributed by atoms with Crippen LogP contribution in [-0.2, 0) is 9.53 Å². The second-order valence-corrected chi connectivity index (χ2v) is 2.41. The van der Waals surface area contributed by atoms with Crippen LogP contribution in [0.3, 0.4) is 0 Å². The maximum absolute atomic E-state index is 10.4. The molecular weight excluding hydrogens is 158 g/mol. The van der Waals surface area contributed by atoms with E-state index in [2.05, 4.69) is 5.32 Å². The molecule has 0 aliphatic rings. The van der Waals surface area contributed by atoms with Gasteiger partial charge in [-0.15, -0.1) is 0 Å². The van der Waals surface area contributed by atoms with Gasteiger partial charge in [0.05, 0.1) is 12.6 Å². The van der Waals surface area contributed by atoms with Gasteiger partial charge in [0.15, 0.2) is 0 Å². The van der Waals surface area contributed by atoms with Gasteiger partial charge in [-0.3, -0.25) is 4.79 Å². The highest BCUT2D eigenvalue weighted by molar-refractivity contribution is 5.79. The first-order chi connectivity index (χ1) is 5.68. The minimum atomic E-state index is -0.605. The van der Waals surface area contributed by atoms with Gasteiger partial charge < -0.3 is 21.5 Å². The van der Waals surface area contributed by atoms with Gasteiger partial charge in [0.2, 0.25) is 5.91 Å². The second-order valence-electron chi connectivity index (χ2n) is 2.41. The first-order valence-corrected chi connectivity index (χ1v) is 4.01. The van der Waals surface area contributed by atoms with Crippen molar-refractivity contribution in [3.63, 3.8) is 0 Å². The predicted octanol–water partition coefficient (Wildman–Crippen LogP) is -1.57. The number of nitrogens with one attached hydrogen (secondary N) is 1. The quantitative estimate of drug-likeness (QED) is 0.407. The smallest absolute Gasteiger partial charge is 0.235 e. The molecule has 12 heavy (non-hydrogen) atoms. The lowest BCUT2D eigenvalue weighted by molar-refractivity contribution is -0.119. The highest BCUT2D eigenvalue weighted by atomic mass is 16.5. The lowest BCUT2D eigenvalue weighted by Crippen LogP contribution is -2.44. The normalized spacial score (nSPS) is 12.8. The van der Waals surface area contributed by atoms with E-state index in [1.165, 1.54) is 0 Å². The molecule has 0 aromatic carbocycles. The van der Waals surface area contributed by atoms with Gasteiger partial charge in [-0.05, 0) is 6.92 Å². The Morgan fingerprint density at radius 1 is 1.67 bits per heavy atom. The molecule has 0 aromatic rings. The summed E-state index contributed by atoms with van der Waals surface area (Å²) in [4.78, 5) is 10.4. The number of carbonyl (C=O) groups is 1. The van der Waals surface area contributed by atoms with Crippen molar-refractivity contribution in [3.8, 4) is 0 Å². The number of rotatable bonds is 7. The Bertz CT molecular complexity index is 130. The zero-order valence-corrected chi connectivity index (χ0v) is 7.38. The molecule has 0 aliphatic carbocycles. The molecule has 0 fully saturated rings. The number of hydrogen-bond acceptors (Lipinski definition) is 4. The van der Waals surface area contributed by atoms with E-state index in [4.69, 9.17) is 16.2 Å². The molecule has 1 atom stereocenters. The number of amides is 1. The minimum Gasteiger partial charge on any atom is -0.380 e. The molecule has 1 amide bonds. The molecule has 0 saturated carbocycles. The summed E-state index contributed by atoms with van der Waals surface area (Å²) in [5, 5.41) is 2.95. The average Bonchev–Trinajstić information content (AvgIpc) is 2.03. The molecule has 0 aromatic heterocycles. The molecular formula is C7H17N3O2. The van der Waals surface area contributed by atoms with E-state index in [1.807, 2.05) is 6.92 Å². The van der Waals surface area contributed by atoms with Gasteiger partial charge in [0, 0.05) is 19.7 Å². The third kappa shape index (κ3) is 6.09. The lowest BCUT2D eigenvalue weighted by Gasteiger charge is -2.08. The molecule has 5 N–H and O–H groups in total. The topological polar surface area (TPSA) is 90.4 Å². The van der Waals surface area contributed by atoms with E-state index in [0.29, 0.717) is 26.3 Å². The predicted molar refractivity (Wildman–Crippen MR) is 46.5 cm³/mol. The summed E-state index contributed by atoms with van der Waals surface area (Å²) in [6.45, 7) is 4.35. The summed E-state index contributed by atoms with van der Waals surface area (Å²) < 4.78 is 5.06. The number of ether oxygens (including phenoxy) is 1. The molecule has 5 heteroatoms. The van der Waals surface area contributed by atoms with Crippen molar-refractivity contribution >= 4 is 5.91 Å². The van der Waals surface area contributed by atoms with Crippen LogP contribution >= 0.6 is 0 Å². The maximum atomic E-state index is 10.4. The fraction of sp³-hybridized carbons (Fsp3) is 0.857. The number of hydrogen-bond donors (Lipinski definition) is 3. The second kappa shape index (κ2) is 7.02. The molecule has 0 heterocycles. The zero-order valence-electron chi connectivity index (χ0n) is 7.38. The number of primary amides is 1. The summed E-state index contributed by atoms with van der Waals surface area (Å²) in [6.07, 6.45) is 0. The summed E-state index contributed by atoms with van der Waals surface area (Å²) in [6, 6.07) is -0.605. The highest BCUT2D eigenvalue weighted by Crippen LogP contribution is 1.74. The Kier molecular flexibility index (Phi) is 6.64. The van der Waals surface area contributed by atoms with Crippen LogP contribution < -0.4 is 16.8 Å². The van der Waals surface area contributed by atoms with Crippen LogP contribution in [-0.4, -0.2) is 38.3 Å². The van der Waals surface area contributed by atoms with Gasteiger partial charge in [-0.25, -0.2) is 0 Å². The van der Waals surface area contributed by atoms with Crippen LogP contribution in [0, 0.1) is 0 Å². The largest absolute Gasteiger partial charge is 0.380 e. The number of nitrogens with two attached hydrogens (primary N) is 2. The van der Waals surface area contributed by atoms with Crippen LogP contribution in [0.2, 0.25) is 0 Å². The number of carbonyl (C=O) groups excluding carboxylic acids is 1. The summed E-state index contributed by atoms with van der Waals surface area (Å²) >= 11 is 0. The summed E-state index contributed by atoms with van der Waals surface area (Å²) in [7, 11) is 0. The molecule has 5 nitrogen and oxygen atoms in total. The first kappa shape index (κ1) is 11.4. The first-order valence-electron chi connectivity index (χ1n) is 4.01. The molecule has 0 radical (unpaired) electrons. The Labute approximate surface area is 72.4 Å². The van der Waals surface area contributed by atoms with Crippen molar-refractivity contribution in [2.75, 3.05) is 26.3 Å². The van der Waals surface area contributed by atoms with E-state index in [1.54, 1.807) is 0 Å². The molecule has 0 rings (SSSR count). The van der Waals surface area contributed by atoms with Crippen LogP contribution in [0.25, 0.3) is 0 Å². The Morgan fingerprint density at radius 3 is 2.83 bits per heavy atom. The van der Waals surface area contributed by atoms with Gasteiger partial charge >= 0.3 is 0 Å². The van der Waals surface area contributed by atoms with Crippen molar-refractivity contribution in [1.29, 1.82) is 0 Å². The average molecular weight is 175 g/mol.